The summed E-state index contributed by atoms with van der Waals surface area (Å²) in [5.41, 5.74) is 3.42. The summed E-state index contributed by atoms with van der Waals surface area (Å²) in [6.45, 7) is 7.13. The fourth-order valence-electron chi connectivity index (χ4n) is 3.38. The molecule has 1 N–H and O–H groups in total. The maximum absolute atomic E-state index is 3.63. The first-order valence-electron chi connectivity index (χ1n) is 7.37. The van der Waals surface area contributed by atoms with Gasteiger partial charge < -0.3 is 10.2 Å². The largest absolute Gasteiger partial charge is 0.378 e. The SMILES string of the molecule is CCCC1=C(CC2CCCNC2C)CCN1C. The van der Waals surface area contributed by atoms with Crippen molar-refractivity contribution in [2.45, 2.75) is 58.4 Å². The summed E-state index contributed by atoms with van der Waals surface area (Å²) in [6, 6.07) is 0.713. The highest BCUT2D eigenvalue weighted by Gasteiger charge is 2.26. The lowest BCUT2D eigenvalue weighted by Crippen LogP contribution is -2.39. The van der Waals surface area contributed by atoms with Crippen LogP contribution in [-0.2, 0) is 0 Å². The molecule has 2 nitrogen and oxygen atoms in total. The Balaban J connectivity index is 2.00. The first-order chi connectivity index (χ1) is 8.22. The molecule has 0 amide bonds. The van der Waals surface area contributed by atoms with Gasteiger partial charge in [-0.25, -0.2) is 0 Å². The molecule has 2 heterocycles. The zero-order valence-corrected chi connectivity index (χ0v) is 11.8. The number of hydrogen-bond acceptors (Lipinski definition) is 2. The van der Waals surface area contributed by atoms with Crippen molar-refractivity contribution < 1.29 is 0 Å². The smallest absolute Gasteiger partial charge is 0.0209 e. The van der Waals surface area contributed by atoms with E-state index < -0.39 is 0 Å². The number of nitrogens with zero attached hydrogens (tertiary/aromatic N) is 1. The Bertz CT molecular complexity index is 283. The van der Waals surface area contributed by atoms with Gasteiger partial charge in [-0.15, -0.1) is 0 Å². The molecule has 0 aromatic heterocycles. The Morgan fingerprint density at radius 1 is 1.41 bits per heavy atom. The summed E-state index contributed by atoms with van der Waals surface area (Å²) < 4.78 is 0. The maximum atomic E-state index is 3.63. The first kappa shape index (κ1) is 12.9. The third-order valence-electron chi connectivity index (χ3n) is 4.54. The Morgan fingerprint density at radius 3 is 2.94 bits per heavy atom. The van der Waals surface area contributed by atoms with Crippen molar-refractivity contribution in [3.8, 4) is 0 Å². The van der Waals surface area contributed by atoms with Gasteiger partial charge in [0.2, 0.25) is 0 Å². The van der Waals surface area contributed by atoms with E-state index in [0.717, 1.165) is 5.92 Å². The average molecular weight is 236 g/mol. The molecule has 2 aliphatic heterocycles. The Kier molecular flexibility index (Phi) is 4.49. The van der Waals surface area contributed by atoms with Gasteiger partial charge >= 0.3 is 0 Å². The van der Waals surface area contributed by atoms with Crippen LogP contribution in [0.5, 0.6) is 0 Å². The molecule has 0 radical (unpaired) electrons. The van der Waals surface area contributed by atoms with Crippen LogP contribution in [0.1, 0.15) is 52.4 Å². The molecule has 1 fully saturated rings. The molecule has 2 unspecified atom stereocenters. The molecule has 0 bridgehead atoms. The van der Waals surface area contributed by atoms with E-state index in [-0.39, 0.29) is 0 Å². The highest BCUT2D eigenvalue weighted by atomic mass is 15.1. The van der Waals surface area contributed by atoms with Gasteiger partial charge in [-0.2, -0.15) is 0 Å². The molecule has 0 aliphatic carbocycles. The van der Waals surface area contributed by atoms with Gasteiger partial charge in [0, 0.05) is 25.3 Å². The highest BCUT2D eigenvalue weighted by molar-refractivity contribution is 5.19. The van der Waals surface area contributed by atoms with Crippen LogP contribution in [0.2, 0.25) is 0 Å². The third-order valence-corrected chi connectivity index (χ3v) is 4.54. The van der Waals surface area contributed by atoms with Crippen LogP contribution in [-0.4, -0.2) is 31.1 Å². The predicted octanol–water partition coefficient (Wildman–Crippen LogP) is 3.15. The molecule has 0 aromatic carbocycles. The minimum atomic E-state index is 0.713. The molecule has 0 saturated carbocycles. The molecule has 2 heteroatoms. The van der Waals surface area contributed by atoms with Crippen LogP contribution in [0.4, 0.5) is 0 Å². The van der Waals surface area contributed by atoms with E-state index in [9.17, 15) is 0 Å². The van der Waals surface area contributed by atoms with Crippen molar-refractivity contribution in [3.05, 3.63) is 11.3 Å². The summed E-state index contributed by atoms with van der Waals surface area (Å²) in [4.78, 5) is 2.49. The summed E-state index contributed by atoms with van der Waals surface area (Å²) in [5.74, 6) is 0.872. The summed E-state index contributed by atoms with van der Waals surface area (Å²) in [7, 11) is 2.26. The molecule has 98 valence electrons. The number of piperidine rings is 1. The number of hydrogen-bond donors (Lipinski definition) is 1. The van der Waals surface area contributed by atoms with Gasteiger partial charge in [-0.3, -0.25) is 0 Å². The standard InChI is InChI=1S/C15H28N2/c1-4-6-15-14(8-10-17(15)3)11-13-7-5-9-16-12(13)2/h12-13,16H,4-11H2,1-3H3. The number of rotatable bonds is 4. The summed E-state index contributed by atoms with van der Waals surface area (Å²) in [6.07, 6.45) is 7.99. The fourth-order valence-corrected chi connectivity index (χ4v) is 3.38. The Labute approximate surface area is 106 Å². The lowest BCUT2D eigenvalue weighted by atomic mass is 9.85. The second-order valence-electron chi connectivity index (χ2n) is 5.82. The molecular weight excluding hydrogens is 208 g/mol. The summed E-state index contributed by atoms with van der Waals surface area (Å²) >= 11 is 0. The van der Waals surface area contributed by atoms with Crippen molar-refractivity contribution in [2.24, 2.45) is 5.92 Å². The first-order valence-corrected chi connectivity index (χ1v) is 7.37. The molecule has 2 atom stereocenters. The normalized spacial score (nSPS) is 30.2. The minimum Gasteiger partial charge on any atom is -0.378 e. The maximum Gasteiger partial charge on any atom is 0.0209 e. The Morgan fingerprint density at radius 2 is 2.24 bits per heavy atom. The number of nitrogens with one attached hydrogen (secondary N) is 1. The average Bonchev–Trinajstić information content (AvgIpc) is 2.65. The van der Waals surface area contributed by atoms with E-state index in [0.29, 0.717) is 6.04 Å². The van der Waals surface area contributed by atoms with Gasteiger partial charge in [0.15, 0.2) is 0 Å². The zero-order valence-electron chi connectivity index (χ0n) is 11.8. The van der Waals surface area contributed by atoms with Gasteiger partial charge in [0.1, 0.15) is 0 Å². The van der Waals surface area contributed by atoms with Gasteiger partial charge in [0.25, 0.3) is 0 Å². The molecular formula is C15H28N2. The van der Waals surface area contributed by atoms with E-state index in [1.165, 1.54) is 51.6 Å². The van der Waals surface area contributed by atoms with Gasteiger partial charge in [-0.1, -0.05) is 13.3 Å². The van der Waals surface area contributed by atoms with Crippen LogP contribution in [0, 0.1) is 5.92 Å². The molecule has 1 saturated heterocycles. The van der Waals surface area contributed by atoms with Crippen LogP contribution >= 0.6 is 0 Å². The second kappa shape index (κ2) is 5.90. The van der Waals surface area contributed by atoms with Gasteiger partial charge in [0.05, 0.1) is 0 Å². The topological polar surface area (TPSA) is 15.3 Å². The van der Waals surface area contributed by atoms with Crippen LogP contribution in [0.3, 0.4) is 0 Å². The molecule has 2 aliphatic rings. The monoisotopic (exact) mass is 236 g/mol. The van der Waals surface area contributed by atoms with Crippen LogP contribution in [0.15, 0.2) is 11.3 Å². The zero-order chi connectivity index (χ0) is 12.3. The van der Waals surface area contributed by atoms with E-state index in [1.54, 1.807) is 11.3 Å². The number of allylic oxidation sites excluding steroid dienone is 1. The highest BCUT2D eigenvalue weighted by Crippen LogP contribution is 2.33. The van der Waals surface area contributed by atoms with Crippen LogP contribution < -0.4 is 5.32 Å². The van der Waals surface area contributed by atoms with Crippen molar-refractivity contribution >= 4 is 0 Å². The van der Waals surface area contributed by atoms with Gasteiger partial charge in [-0.05, 0) is 57.1 Å². The van der Waals surface area contributed by atoms with Crippen molar-refractivity contribution in [1.82, 2.24) is 10.2 Å². The molecule has 17 heavy (non-hydrogen) atoms. The van der Waals surface area contributed by atoms with E-state index in [1.807, 2.05) is 0 Å². The Hall–Kier alpha value is -0.500. The molecule has 0 spiro atoms. The molecule has 0 aromatic rings. The van der Waals surface area contributed by atoms with E-state index in [2.05, 4.69) is 31.1 Å². The van der Waals surface area contributed by atoms with E-state index >= 15 is 0 Å². The quantitative estimate of drug-likeness (QED) is 0.806. The second-order valence-corrected chi connectivity index (χ2v) is 5.82. The van der Waals surface area contributed by atoms with Crippen molar-refractivity contribution in [3.63, 3.8) is 0 Å². The fraction of sp³-hybridized carbons (Fsp3) is 0.867. The third kappa shape index (κ3) is 3.04. The minimum absolute atomic E-state index is 0.713. The van der Waals surface area contributed by atoms with E-state index in [4.69, 9.17) is 0 Å². The lowest BCUT2D eigenvalue weighted by Gasteiger charge is -2.30. The predicted molar refractivity (Wildman–Crippen MR) is 74.0 cm³/mol. The lowest BCUT2D eigenvalue weighted by molar-refractivity contribution is 0.293. The summed E-state index contributed by atoms with van der Waals surface area (Å²) in [5, 5.41) is 3.63. The van der Waals surface area contributed by atoms with Crippen molar-refractivity contribution in [2.75, 3.05) is 20.1 Å². The van der Waals surface area contributed by atoms with Crippen LogP contribution in [0.25, 0.3) is 0 Å². The molecule has 2 rings (SSSR count). The van der Waals surface area contributed by atoms with Crippen molar-refractivity contribution in [1.29, 1.82) is 0 Å².